The number of halogens is 4. The van der Waals surface area contributed by atoms with Crippen molar-refractivity contribution in [2.75, 3.05) is 0 Å². The lowest BCUT2D eigenvalue weighted by molar-refractivity contribution is -0.137. The smallest absolute Gasteiger partial charge is 0.318 e. The summed E-state index contributed by atoms with van der Waals surface area (Å²) in [5.41, 5.74) is 6.36. The van der Waals surface area contributed by atoms with Crippen molar-refractivity contribution in [3.8, 4) is 11.4 Å². The fraction of sp³-hybridized carbons (Fsp3) is 0.125. The van der Waals surface area contributed by atoms with Crippen LogP contribution in [0.4, 0.5) is 13.2 Å². The standard InChI is InChI=1S/C16H12ClF3N4/c17-12-6-4-9(5-7-12)13(21)15-22-14(23-24-15)10-2-1-3-11(8-10)16(18,19)20/h1-8,13H,21H2,(H,22,23,24)/t13-/m1/s1. The van der Waals surface area contributed by atoms with Crippen molar-refractivity contribution >= 4 is 11.6 Å². The van der Waals surface area contributed by atoms with E-state index in [1.54, 1.807) is 24.3 Å². The van der Waals surface area contributed by atoms with Crippen LogP contribution in [0.2, 0.25) is 5.02 Å². The van der Waals surface area contributed by atoms with Gasteiger partial charge in [-0.1, -0.05) is 35.9 Å². The van der Waals surface area contributed by atoms with E-state index in [-0.39, 0.29) is 11.4 Å². The van der Waals surface area contributed by atoms with Gasteiger partial charge in [-0.05, 0) is 29.8 Å². The Labute approximate surface area is 140 Å². The molecule has 3 aromatic rings. The highest BCUT2D eigenvalue weighted by Gasteiger charge is 2.30. The Morgan fingerprint density at radius 1 is 1.08 bits per heavy atom. The van der Waals surface area contributed by atoms with E-state index in [4.69, 9.17) is 17.3 Å². The molecular weight excluding hydrogens is 341 g/mol. The van der Waals surface area contributed by atoms with Gasteiger partial charge >= 0.3 is 6.18 Å². The molecule has 1 aromatic heterocycles. The summed E-state index contributed by atoms with van der Waals surface area (Å²) in [5, 5.41) is 7.22. The zero-order chi connectivity index (χ0) is 17.3. The predicted octanol–water partition coefficient (Wildman–Crippen LogP) is 4.19. The summed E-state index contributed by atoms with van der Waals surface area (Å²) in [6, 6.07) is 11.1. The highest BCUT2D eigenvalue weighted by Crippen LogP contribution is 2.31. The van der Waals surface area contributed by atoms with Gasteiger partial charge in [0.2, 0.25) is 0 Å². The van der Waals surface area contributed by atoms with Gasteiger partial charge < -0.3 is 5.73 Å². The van der Waals surface area contributed by atoms with E-state index < -0.39 is 17.8 Å². The maximum Gasteiger partial charge on any atom is 0.416 e. The molecule has 4 nitrogen and oxygen atoms in total. The summed E-state index contributed by atoms with van der Waals surface area (Å²) >= 11 is 5.83. The first-order valence-electron chi connectivity index (χ1n) is 6.95. The van der Waals surface area contributed by atoms with Gasteiger partial charge in [0, 0.05) is 10.6 Å². The molecular formula is C16H12ClF3N4. The van der Waals surface area contributed by atoms with Crippen LogP contribution < -0.4 is 5.73 Å². The zero-order valence-electron chi connectivity index (χ0n) is 12.2. The molecule has 0 saturated carbocycles. The second-order valence-electron chi connectivity index (χ2n) is 5.15. The predicted molar refractivity (Wildman–Crippen MR) is 84.3 cm³/mol. The SMILES string of the molecule is N[C@H](c1ccc(Cl)cc1)c1nc(-c2cccc(C(F)(F)F)c2)n[nH]1. The number of H-pyrrole nitrogens is 1. The molecule has 1 heterocycles. The van der Waals surface area contributed by atoms with Crippen LogP contribution in [-0.4, -0.2) is 15.2 Å². The number of benzene rings is 2. The van der Waals surface area contributed by atoms with Gasteiger partial charge in [0.1, 0.15) is 5.82 Å². The molecule has 1 atom stereocenters. The van der Waals surface area contributed by atoms with Crippen LogP contribution in [0, 0.1) is 0 Å². The first kappa shape index (κ1) is 16.5. The van der Waals surface area contributed by atoms with E-state index in [1.807, 2.05) is 0 Å². The number of aromatic nitrogens is 3. The van der Waals surface area contributed by atoms with Crippen LogP contribution >= 0.6 is 11.6 Å². The van der Waals surface area contributed by atoms with Crippen molar-refractivity contribution in [1.82, 2.24) is 15.2 Å². The maximum absolute atomic E-state index is 12.8. The Balaban J connectivity index is 1.89. The third kappa shape index (κ3) is 3.42. The van der Waals surface area contributed by atoms with E-state index in [0.29, 0.717) is 10.8 Å². The maximum atomic E-state index is 12.8. The van der Waals surface area contributed by atoms with Gasteiger partial charge in [-0.15, -0.1) is 0 Å². The summed E-state index contributed by atoms with van der Waals surface area (Å²) in [7, 11) is 0. The van der Waals surface area contributed by atoms with E-state index in [2.05, 4.69) is 15.2 Å². The molecule has 3 N–H and O–H groups in total. The van der Waals surface area contributed by atoms with Crippen LogP contribution in [0.3, 0.4) is 0 Å². The summed E-state index contributed by atoms with van der Waals surface area (Å²) < 4.78 is 38.4. The number of nitrogens with one attached hydrogen (secondary N) is 1. The average Bonchev–Trinajstić information content (AvgIpc) is 3.04. The normalized spacial score (nSPS) is 13.0. The number of rotatable bonds is 3. The molecule has 24 heavy (non-hydrogen) atoms. The van der Waals surface area contributed by atoms with Crippen LogP contribution in [0.1, 0.15) is 23.0 Å². The highest BCUT2D eigenvalue weighted by atomic mass is 35.5. The third-order valence-electron chi connectivity index (χ3n) is 3.47. The molecule has 0 aliphatic rings. The van der Waals surface area contributed by atoms with Crippen LogP contribution in [0.25, 0.3) is 11.4 Å². The molecule has 0 aliphatic carbocycles. The van der Waals surface area contributed by atoms with Gasteiger partial charge in [-0.2, -0.15) is 18.3 Å². The summed E-state index contributed by atoms with van der Waals surface area (Å²) in [5.74, 6) is 0.505. The van der Waals surface area contributed by atoms with Crippen LogP contribution in [-0.2, 0) is 6.18 Å². The van der Waals surface area contributed by atoms with E-state index in [1.165, 1.54) is 12.1 Å². The topological polar surface area (TPSA) is 67.6 Å². The van der Waals surface area contributed by atoms with Gasteiger partial charge in [-0.3, -0.25) is 5.10 Å². The Morgan fingerprint density at radius 2 is 1.79 bits per heavy atom. The lowest BCUT2D eigenvalue weighted by Gasteiger charge is -2.08. The number of aromatic amines is 1. The third-order valence-corrected chi connectivity index (χ3v) is 3.73. The second kappa shape index (κ2) is 6.26. The first-order chi connectivity index (χ1) is 11.3. The number of hydrogen-bond donors (Lipinski definition) is 2. The number of nitrogens with zero attached hydrogens (tertiary/aromatic N) is 2. The molecule has 3 rings (SSSR count). The minimum absolute atomic E-state index is 0.153. The van der Waals surface area contributed by atoms with E-state index in [0.717, 1.165) is 17.7 Å². The fourth-order valence-corrected chi connectivity index (χ4v) is 2.33. The molecule has 0 spiro atoms. The van der Waals surface area contributed by atoms with E-state index in [9.17, 15) is 13.2 Å². The Bertz CT molecular complexity index is 843. The van der Waals surface area contributed by atoms with Crippen LogP contribution in [0.15, 0.2) is 48.5 Å². The van der Waals surface area contributed by atoms with Crippen molar-refractivity contribution in [1.29, 1.82) is 0 Å². The Kier molecular flexibility index (Phi) is 4.29. The second-order valence-corrected chi connectivity index (χ2v) is 5.59. The minimum Gasteiger partial charge on any atom is -0.318 e. The molecule has 0 fully saturated rings. The molecule has 0 aliphatic heterocycles. The highest BCUT2D eigenvalue weighted by molar-refractivity contribution is 6.30. The van der Waals surface area contributed by atoms with Gasteiger partial charge in [-0.25, -0.2) is 4.98 Å². The first-order valence-corrected chi connectivity index (χ1v) is 7.33. The van der Waals surface area contributed by atoms with Crippen molar-refractivity contribution in [2.24, 2.45) is 5.73 Å². The largest absolute Gasteiger partial charge is 0.416 e. The number of alkyl halides is 3. The lowest BCUT2D eigenvalue weighted by Crippen LogP contribution is -2.13. The van der Waals surface area contributed by atoms with Gasteiger partial charge in [0.15, 0.2) is 5.82 Å². The molecule has 124 valence electrons. The fourth-order valence-electron chi connectivity index (χ4n) is 2.21. The Morgan fingerprint density at radius 3 is 2.46 bits per heavy atom. The van der Waals surface area contributed by atoms with Crippen molar-refractivity contribution in [3.63, 3.8) is 0 Å². The number of nitrogens with two attached hydrogens (primary N) is 1. The molecule has 0 radical (unpaired) electrons. The molecule has 8 heteroatoms. The van der Waals surface area contributed by atoms with Crippen molar-refractivity contribution < 1.29 is 13.2 Å². The average molecular weight is 353 g/mol. The molecule has 0 bridgehead atoms. The molecule has 0 saturated heterocycles. The lowest BCUT2D eigenvalue weighted by atomic mass is 10.1. The monoisotopic (exact) mass is 352 g/mol. The molecule has 0 unspecified atom stereocenters. The van der Waals surface area contributed by atoms with E-state index >= 15 is 0 Å². The molecule has 0 amide bonds. The Hall–Kier alpha value is -2.38. The van der Waals surface area contributed by atoms with Gasteiger partial charge in [0.25, 0.3) is 0 Å². The number of hydrogen-bond acceptors (Lipinski definition) is 3. The van der Waals surface area contributed by atoms with Crippen molar-refractivity contribution in [2.45, 2.75) is 12.2 Å². The quantitative estimate of drug-likeness (QED) is 0.742. The summed E-state index contributed by atoms with van der Waals surface area (Å²) in [4.78, 5) is 4.21. The van der Waals surface area contributed by atoms with Crippen LogP contribution in [0.5, 0.6) is 0 Å². The zero-order valence-corrected chi connectivity index (χ0v) is 12.9. The summed E-state index contributed by atoms with van der Waals surface area (Å²) in [6.45, 7) is 0. The van der Waals surface area contributed by atoms with Crippen molar-refractivity contribution in [3.05, 3.63) is 70.5 Å². The summed E-state index contributed by atoms with van der Waals surface area (Å²) in [6.07, 6.45) is -4.42. The van der Waals surface area contributed by atoms with Gasteiger partial charge in [0.05, 0.1) is 11.6 Å². The minimum atomic E-state index is -4.42. The molecule has 2 aromatic carbocycles.